The topological polar surface area (TPSA) is 83.5 Å². The third-order valence-electron chi connectivity index (χ3n) is 2.50. The first-order chi connectivity index (χ1) is 9.70. The van der Waals surface area contributed by atoms with Gasteiger partial charge in [-0.1, -0.05) is 0 Å². The molecule has 0 radical (unpaired) electrons. The molecule has 0 aliphatic heterocycles. The normalized spacial score (nSPS) is 11.4. The summed E-state index contributed by atoms with van der Waals surface area (Å²) in [5, 5.41) is 10.4. The first-order valence-corrected chi connectivity index (χ1v) is 7.87. The summed E-state index contributed by atoms with van der Waals surface area (Å²) in [4.78, 5) is 10.3. The monoisotopic (exact) mass is 333 g/mol. The molecule has 0 saturated heterocycles. The number of carboxylic acids is 1. The van der Waals surface area contributed by atoms with Crippen LogP contribution in [-0.4, -0.2) is 19.5 Å². The van der Waals surface area contributed by atoms with Gasteiger partial charge in [0.2, 0.25) is 0 Å². The minimum absolute atomic E-state index is 0.238. The molecule has 5 nitrogen and oxygen atoms in total. The number of aryl methyl sites for hydroxylation is 1. The zero-order valence-corrected chi connectivity index (χ0v) is 12.2. The summed E-state index contributed by atoms with van der Waals surface area (Å²) in [7, 11) is -4.26. The Hall–Kier alpha value is -2.00. The quantitative estimate of drug-likeness (QED) is 0.901. The summed E-state index contributed by atoms with van der Waals surface area (Å²) in [6.45, 7) is 1.43. The van der Waals surface area contributed by atoms with Crippen LogP contribution >= 0.6 is 11.3 Å². The second kappa shape index (κ2) is 5.41. The molecule has 0 fully saturated rings. The number of rotatable bonds is 4. The largest absolute Gasteiger partial charge is 0.477 e. The highest BCUT2D eigenvalue weighted by atomic mass is 32.2. The van der Waals surface area contributed by atoms with Crippen LogP contribution in [-0.2, 0) is 10.0 Å². The first kappa shape index (κ1) is 15.4. The molecule has 0 aliphatic rings. The lowest BCUT2D eigenvalue weighted by Gasteiger charge is -2.09. The van der Waals surface area contributed by atoms with Crippen molar-refractivity contribution in [3.05, 3.63) is 45.7 Å². The third kappa shape index (κ3) is 3.19. The van der Waals surface area contributed by atoms with Gasteiger partial charge in [-0.05, 0) is 30.0 Å². The van der Waals surface area contributed by atoms with Crippen LogP contribution in [0.3, 0.4) is 0 Å². The molecule has 2 aromatic rings. The van der Waals surface area contributed by atoms with E-state index in [-0.39, 0.29) is 16.1 Å². The molecule has 112 valence electrons. The minimum Gasteiger partial charge on any atom is -0.477 e. The summed E-state index contributed by atoms with van der Waals surface area (Å²) in [5.41, 5.74) is -0.0868. The van der Waals surface area contributed by atoms with Gasteiger partial charge >= 0.3 is 5.97 Å². The maximum Gasteiger partial charge on any atom is 0.347 e. The molecule has 2 N–H and O–H groups in total. The number of thiophene rings is 1. The number of anilines is 1. The lowest BCUT2D eigenvalue weighted by atomic mass is 10.3. The number of aromatic carboxylic acids is 1. The summed E-state index contributed by atoms with van der Waals surface area (Å²) >= 11 is 0.761. The van der Waals surface area contributed by atoms with E-state index in [1.54, 1.807) is 0 Å². The Morgan fingerprint density at radius 2 is 1.81 bits per heavy atom. The lowest BCUT2D eigenvalue weighted by molar-refractivity contribution is 0.0698. The molecular formula is C12H9F2NO4S2. The standard InChI is InChI=1S/C12H9F2NO4S2/c1-6-5-20-10(12(16)17)11(6)21(18,19)15-9-3-7(13)2-8(14)4-9/h2-5,15H,1H3,(H,16,17). The van der Waals surface area contributed by atoms with Crippen LogP contribution in [0, 0.1) is 18.6 Å². The van der Waals surface area contributed by atoms with Gasteiger partial charge in [-0.2, -0.15) is 0 Å². The molecule has 0 unspecified atom stereocenters. The Bertz CT molecular complexity index is 794. The van der Waals surface area contributed by atoms with Gasteiger partial charge in [-0.15, -0.1) is 11.3 Å². The van der Waals surface area contributed by atoms with Crippen LogP contribution in [0.15, 0.2) is 28.5 Å². The van der Waals surface area contributed by atoms with Crippen LogP contribution in [0.4, 0.5) is 14.5 Å². The highest BCUT2D eigenvalue weighted by molar-refractivity contribution is 7.93. The molecule has 0 atom stereocenters. The van der Waals surface area contributed by atoms with Crippen LogP contribution < -0.4 is 4.72 Å². The van der Waals surface area contributed by atoms with Crippen LogP contribution in [0.25, 0.3) is 0 Å². The van der Waals surface area contributed by atoms with E-state index in [0.29, 0.717) is 6.07 Å². The van der Waals surface area contributed by atoms with E-state index in [4.69, 9.17) is 5.11 Å². The summed E-state index contributed by atoms with van der Waals surface area (Å²) in [6, 6.07) is 2.18. The molecule has 0 aliphatic carbocycles. The average Bonchev–Trinajstić information content (AvgIpc) is 2.69. The maximum atomic E-state index is 13.1. The molecule has 9 heteroatoms. The van der Waals surface area contributed by atoms with E-state index < -0.39 is 32.5 Å². The van der Waals surface area contributed by atoms with Crippen LogP contribution in [0.5, 0.6) is 0 Å². The van der Waals surface area contributed by atoms with Crippen molar-refractivity contribution < 1.29 is 27.1 Å². The van der Waals surface area contributed by atoms with Crippen molar-refractivity contribution in [2.45, 2.75) is 11.8 Å². The van der Waals surface area contributed by atoms with Gasteiger partial charge in [0.05, 0.1) is 5.69 Å². The highest BCUT2D eigenvalue weighted by Gasteiger charge is 2.27. The molecule has 1 heterocycles. The van der Waals surface area contributed by atoms with Crippen LogP contribution in [0.2, 0.25) is 0 Å². The van der Waals surface area contributed by atoms with Crippen molar-refractivity contribution in [1.29, 1.82) is 0 Å². The van der Waals surface area contributed by atoms with Gasteiger partial charge < -0.3 is 5.11 Å². The fourth-order valence-corrected chi connectivity index (χ4v) is 4.41. The molecule has 21 heavy (non-hydrogen) atoms. The Kier molecular flexibility index (Phi) is 3.97. The van der Waals surface area contributed by atoms with E-state index in [0.717, 1.165) is 23.5 Å². The summed E-state index contributed by atoms with van der Waals surface area (Å²) in [5.74, 6) is -3.29. The number of nitrogens with one attached hydrogen (secondary N) is 1. The molecule has 1 aromatic heterocycles. The van der Waals surface area contributed by atoms with E-state index in [1.807, 2.05) is 4.72 Å². The van der Waals surface area contributed by atoms with Crippen molar-refractivity contribution in [2.75, 3.05) is 4.72 Å². The Balaban J connectivity index is 2.48. The summed E-state index contributed by atoms with van der Waals surface area (Å²) in [6.07, 6.45) is 0. The number of sulfonamides is 1. The molecule has 0 amide bonds. The molecule has 0 saturated carbocycles. The first-order valence-electron chi connectivity index (χ1n) is 5.51. The zero-order valence-electron chi connectivity index (χ0n) is 10.6. The molecular weight excluding hydrogens is 324 g/mol. The average molecular weight is 333 g/mol. The second-order valence-corrected chi connectivity index (χ2v) is 6.64. The molecule has 0 bridgehead atoms. The number of halogens is 2. The zero-order chi connectivity index (χ0) is 15.8. The van der Waals surface area contributed by atoms with E-state index in [9.17, 15) is 22.0 Å². The van der Waals surface area contributed by atoms with Gasteiger partial charge in [-0.3, -0.25) is 4.72 Å². The number of benzene rings is 1. The molecule has 1 aromatic carbocycles. The SMILES string of the molecule is Cc1csc(C(=O)O)c1S(=O)(=O)Nc1cc(F)cc(F)c1. The van der Waals surface area contributed by atoms with Crippen molar-refractivity contribution in [1.82, 2.24) is 0 Å². The van der Waals surface area contributed by atoms with Crippen molar-refractivity contribution in [3.63, 3.8) is 0 Å². The number of hydrogen-bond acceptors (Lipinski definition) is 4. The van der Waals surface area contributed by atoms with E-state index >= 15 is 0 Å². The van der Waals surface area contributed by atoms with Gasteiger partial charge in [0.1, 0.15) is 21.4 Å². The van der Waals surface area contributed by atoms with Crippen LogP contribution in [0.1, 0.15) is 15.2 Å². The molecule has 0 spiro atoms. The van der Waals surface area contributed by atoms with E-state index in [1.165, 1.54) is 12.3 Å². The lowest BCUT2D eigenvalue weighted by Crippen LogP contribution is -2.16. The highest BCUT2D eigenvalue weighted by Crippen LogP contribution is 2.29. The fourth-order valence-electron chi connectivity index (χ4n) is 1.73. The molecule has 2 rings (SSSR count). The minimum atomic E-state index is -4.26. The second-order valence-electron chi connectivity index (χ2n) is 4.15. The van der Waals surface area contributed by atoms with Gasteiger partial charge in [0.25, 0.3) is 10.0 Å². The Morgan fingerprint density at radius 3 is 2.33 bits per heavy atom. The Morgan fingerprint density at radius 1 is 1.24 bits per heavy atom. The maximum absolute atomic E-state index is 13.1. The number of hydrogen-bond donors (Lipinski definition) is 2. The fraction of sp³-hybridized carbons (Fsp3) is 0.0833. The van der Waals surface area contributed by atoms with Crippen molar-refractivity contribution in [3.8, 4) is 0 Å². The smallest absolute Gasteiger partial charge is 0.347 e. The van der Waals surface area contributed by atoms with Gasteiger partial charge in [-0.25, -0.2) is 22.0 Å². The van der Waals surface area contributed by atoms with E-state index in [2.05, 4.69) is 0 Å². The van der Waals surface area contributed by atoms with Crippen molar-refractivity contribution in [2.24, 2.45) is 0 Å². The van der Waals surface area contributed by atoms with Gasteiger partial charge in [0, 0.05) is 6.07 Å². The predicted molar refractivity (Wildman–Crippen MR) is 73.2 cm³/mol. The number of carboxylic acid groups (broad SMARTS) is 1. The number of carbonyl (C=O) groups is 1. The van der Waals surface area contributed by atoms with Crippen molar-refractivity contribution >= 4 is 33.0 Å². The predicted octanol–water partition coefficient (Wildman–Crippen LogP) is 2.83. The third-order valence-corrected chi connectivity index (χ3v) is 5.28. The Labute approximate surface area is 122 Å². The summed E-state index contributed by atoms with van der Waals surface area (Å²) < 4.78 is 52.5. The van der Waals surface area contributed by atoms with Gasteiger partial charge in [0.15, 0.2) is 0 Å².